The van der Waals surface area contributed by atoms with Gasteiger partial charge in [0.05, 0.1) is 22.7 Å². The number of benzene rings is 11. The number of allylic oxidation sites excluding steroid dienone is 1. The monoisotopic (exact) mass is 1150 g/mol. The number of fused-ring (bicyclic) bond motifs is 3. The van der Waals surface area contributed by atoms with Crippen LogP contribution in [0.1, 0.15) is 173 Å². The number of aryl methyl sites for hydroxylation is 3. The maximum atomic E-state index is 13.3. The van der Waals surface area contributed by atoms with Crippen LogP contribution in [-0.4, -0.2) is 5.11 Å². The summed E-state index contributed by atoms with van der Waals surface area (Å²) in [6.07, 6.45) is 15.7. The lowest BCUT2D eigenvalue weighted by molar-refractivity contribution is 0.478. The number of phenols is 1. The molecule has 0 saturated heterocycles. The van der Waals surface area contributed by atoms with Crippen LogP contribution in [-0.2, 0) is 19.3 Å². The quantitative estimate of drug-likeness (QED) is 0.104. The lowest BCUT2D eigenvalue weighted by Gasteiger charge is -2.32. The highest BCUT2D eigenvalue weighted by Crippen LogP contribution is 2.56. The van der Waals surface area contributed by atoms with Crippen molar-refractivity contribution in [2.75, 3.05) is 9.80 Å². The van der Waals surface area contributed by atoms with Crippen LogP contribution in [0.5, 0.6) is 5.75 Å². The van der Waals surface area contributed by atoms with Gasteiger partial charge in [-0.15, -0.1) is 0 Å². The van der Waals surface area contributed by atoms with E-state index in [1.807, 2.05) is 0 Å². The number of furan rings is 1. The van der Waals surface area contributed by atoms with Crippen LogP contribution < -0.4 is 9.80 Å². The molecule has 12 aromatic rings. The van der Waals surface area contributed by atoms with Crippen molar-refractivity contribution in [2.45, 2.75) is 142 Å². The second kappa shape index (κ2) is 23.0. The maximum absolute atomic E-state index is 13.3. The van der Waals surface area contributed by atoms with Gasteiger partial charge in [-0.3, -0.25) is 0 Å². The van der Waals surface area contributed by atoms with E-state index in [0.29, 0.717) is 23.7 Å². The van der Waals surface area contributed by atoms with E-state index in [4.69, 9.17) is 4.42 Å². The van der Waals surface area contributed by atoms with Gasteiger partial charge in [-0.1, -0.05) is 213 Å². The third-order valence-corrected chi connectivity index (χ3v) is 20.4. The zero-order valence-electron chi connectivity index (χ0n) is 52.1. The number of phenolic OH excluding ortho intramolecular Hbond substituents is 1. The molecule has 2 saturated carbocycles. The minimum Gasteiger partial charge on any atom is -0.505 e. The Balaban J connectivity index is 1.00. The molecule has 15 rings (SSSR count). The first-order valence-corrected chi connectivity index (χ1v) is 33.1. The summed E-state index contributed by atoms with van der Waals surface area (Å²) in [5, 5.41) is 22.2. The van der Waals surface area contributed by atoms with Gasteiger partial charge in [0.1, 0.15) is 11.5 Å². The molecule has 0 unspecified atom stereocenters. The van der Waals surface area contributed by atoms with Crippen LogP contribution in [0, 0.1) is 0 Å². The molecule has 0 radical (unpaired) electrons. The molecular weight excluding hydrogens is 1070 g/mol. The summed E-state index contributed by atoms with van der Waals surface area (Å²) in [6, 6.07) is 73.0. The largest absolute Gasteiger partial charge is 0.505 e. The Morgan fingerprint density at radius 2 is 0.943 bits per heavy atom. The zero-order chi connectivity index (χ0) is 59.7. The SMILES string of the molecule is CCc1cccc(N(c2cccc(-c3cccc(-c4ccccc4C(C)C)c3)c2O)c2cc(C3CCCC3)c3ccc4c(N(c5cccc(CC)c5)c5cccc6c7c(oc56)C(c5ccccc5C(C)C)=CCC7)cc(C5CCCC5)c5ccc2c3c54)c1. The fraction of sp³-hybridized carbons (Fsp3) is 0.262. The molecule has 0 spiro atoms. The molecule has 438 valence electrons. The molecule has 0 atom stereocenters. The van der Waals surface area contributed by atoms with Gasteiger partial charge in [0.25, 0.3) is 0 Å². The number of rotatable bonds is 15. The van der Waals surface area contributed by atoms with Crippen LogP contribution in [0.25, 0.3) is 71.1 Å². The molecule has 4 nitrogen and oxygen atoms in total. The van der Waals surface area contributed by atoms with Crippen molar-refractivity contribution in [3.8, 4) is 28.0 Å². The van der Waals surface area contributed by atoms with Crippen LogP contribution >= 0.6 is 0 Å². The lowest BCUT2D eigenvalue weighted by atomic mass is 9.82. The van der Waals surface area contributed by atoms with E-state index in [1.165, 1.54) is 138 Å². The first kappa shape index (κ1) is 55.7. The molecule has 0 aliphatic heterocycles. The van der Waals surface area contributed by atoms with E-state index < -0.39 is 0 Å². The number of para-hydroxylation sites is 2. The van der Waals surface area contributed by atoms with Crippen molar-refractivity contribution in [2.24, 2.45) is 0 Å². The van der Waals surface area contributed by atoms with E-state index in [1.54, 1.807) is 0 Å². The minimum absolute atomic E-state index is 0.267. The molecule has 2 fully saturated rings. The van der Waals surface area contributed by atoms with E-state index >= 15 is 0 Å². The van der Waals surface area contributed by atoms with Crippen molar-refractivity contribution in [1.82, 2.24) is 0 Å². The van der Waals surface area contributed by atoms with E-state index in [9.17, 15) is 5.11 Å². The van der Waals surface area contributed by atoms with Crippen molar-refractivity contribution in [1.29, 1.82) is 0 Å². The molecule has 1 heterocycles. The van der Waals surface area contributed by atoms with Crippen LogP contribution in [0.2, 0.25) is 0 Å². The Kier molecular flexibility index (Phi) is 14.6. The minimum atomic E-state index is 0.267. The Morgan fingerprint density at radius 1 is 0.455 bits per heavy atom. The Hall–Kier alpha value is -8.86. The molecule has 3 aliphatic carbocycles. The summed E-state index contributed by atoms with van der Waals surface area (Å²) in [7, 11) is 0. The highest BCUT2D eigenvalue weighted by Gasteiger charge is 2.33. The van der Waals surface area contributed by atoms with E-state index in [0.717, 1.165) is 95.0 Å². The van der Waals surface area contributed by atoms with Crippen molar-refractivity contribution < 1.29 is 9.52 Å². The van der Waals surface area contributed by atoms with Gasteiger partial charge >= 0.3 is 0 Å². The van der Waals surface area contributed by atoms with Gasteiger partial charge in [-0.05, 0) is 207 Å². The summed E-state index contributed by atoms with van der Waals surface area (Å²) >= 11 is 0. The molecule has 1 aromatic heterocycles. The molecule has 0 amide bonds. The second-order valence-corrected chi connectivity index (χ2v) is 26.2. The summed E-state index contributed by atoms with van der Waals surface area (Å²) in [5.41, 5.74) is 23.2. The van der Waals surface area contributed by atoms with Crippen LogP contribution in [0.15, 0.2) is 205 Å². The van der Waals surface area contributed by atoms with Crippen LogP contribution in [0.4, 0.5) is 34.1 Å². The lowest BCUT2D eigenvalue weighted by Crippen LogP contribution is -2.14. The fourth-order valence-electron chi connectivity index (χ4n) is 16.0. The van der Waals surface area contributed by atoms with Gasteiger partial charge in [0.15, 0.2) is 5.58 Å². The average Bonchev–Trinajstić information content (AvgIpc) is 0.925. The average molecular weight is 1150 g/mol. The molecular formula is C84H80N2O2. The summed E-state index contributed by atoms with van der Waals surface area (Å²) in [5.74, 6) is 2.84. The third kappa shape index (κ3) is 9.48. The number of anilines is 6. The van der Waals surface area contributed by atoms with Crippen molar-refractivity contribution >= 4 is 83.0 Å². The molecule has 88 heavy (non-hydrogen) atoms. The first-order chi connectivity index (χ1) is 43.1. The highest BCUT2D eigenvalue weighted by molar-refractivity contribution is 6.30. The molecule has 11 aromatic carbocycles. The topological polar surface area (TPSA) is 39.9 Å². The van der Waals surface area contributed by atoms with Gasteiger partial charge < -0.3 is 19.3 Å². The predicted octanol–water partition coefficient (Wildman–Crippen LogP) is 24.4. The summed E-state index contributed by atoms with van der Waals surface area (Å²) in [4.78, 5) is 4.98. The van der Waals surface area contributed by atoms with Crippen LogP contribution in [0.3, 0.4) is 0 Å². The van der Waals surface area contributed by atoms with Gasteiger partial charge in [0.2, 0.25) is 0 Å². The molecule has 0 bridgehead atoms. The smallest absolute Gasteiger partial charge is 0.159 e. The standard InChI is InChI=1S/C84H80N2O2/c1-7-54-23-17-31-60(47-54)85(76-41-21-37-65(82(76)87)59-30-19-29-58(49-59)64-35-15-13-33-62(64)52(3)4)78-50-74(56-25-9-10-26-56)67-44-46-73-79(51-75(57-27-11-12-28-57)68-43-45-72(78)80(67)81(68)73)86(61-32-18-24-55(8-2)48-61)77-42-22-40-71-70-39-20-38-69(83(70)88-84(71)77)66-36-16-14-34-63(66)53(5)6/h13-19,21-24,29-38,40-53,56-57,87H,7-12,20,25-28,39H2,1-6H3. The molecule has 4 heteroatoms. The number of hydrogen-bond acceptors (Lipinski definition) is 4. The molecule has 3 aliphatic rings. The van der Waals surface area contributed by atoms with E-state index in [2.05, 4.69) is 252 Å². The van der Waals surface area contributed by atoms with E-state index in [-0.39, 0.29) is 5.75 Å². The number of hydrogen-bond donors (Lipinski definition) is 1. The normalized spacial score (nSPS) is 14.8. The molecule has 1 N–H and O–H groups in total. The zero-order valence-corrected chi connectivity index (χ0v) is 52.1. The Bertz CT molecular complexity index is 4650. The first-order valence-electron chi connectivity index (χ1n) is 33.1. The van der Waals surface area contributed by atoms with Crippen molar-refractivity contribution in [3.63, 3.8) is 0 Å². The van der Waals surface area contributed by atoms with Crippen molar-refractivity contribution in [3.05, 3.63) is 250 Å². The third-order valence-electron chi connectivity index (χ3n) is 20.4. The highest BCUT2D eigenvalue weighted by atomic mass is 16.3. The maximum Gasteiger partial charge on any atom is 0.159 e. The Morgan fingerprint density at radius 3 is 1.53 bits per heavy atom. The number of aromatic hydroxyl groups is 1. The van der Waals surface area contributed by atoms with Gasteiger partial charge in [0, 0.05) is 44.2 Å². The second-order valence-electron chi connectivity index (χ2n) is 26.2. The predicted molar refractivity (Wildman–Crippen MR) is 373 cm³/mol. The summed E-state index contributed by atoms with van der Waals surface area (Å²) in [6.45, 7) is 13.6. The fourth-order valence-corrected chi connectivity index (χ4v) is 16.0. The van der Waals surface area contributed by atoms with Gasteiger partial charge in [-0.25, -0.2) is 0 Å². The number of nitrogens with zero attached hydrogens (tertiary/aromatic N) is 2. The van der Waals surface area contributed by atoms with Gasteiger partial charge in [-0.2, -0.15) is 0 Å². The Labute approximate surface area is 520 Å². The summed E-state index contributed by atoms with van der Waals surface area (Å²) < 4.78 is 7.52.